The third-order valence-corrected chi connectivity index (χ3v) is 3.43. The predicted molar refractivity (Wildman–Crippen MR) is 76.4 cm³/mol. The molecule has 18 heavy (non-hydrogen) atoms. The fourth-order valence-corrected chi connectivity index (χ4v) is 2.29. The molecule has 0 saturated carbocycles. The monoisotopic (exact) mass is 251 g/mol. The second kappa shape index (κ2) is 6.64. The number of anilines is 1. The molecule has 2 atom stereocenters. The van der Waals surface area contributed by atoms with Gasteiger partial charge in [0.15, 0.2) is 0 Å². The lowest BCUT2D eigenvalue weighted by Gasteiger charge is -2.30. The average molecular weight is 251 g/mol. The molecule has 1 aromatic carbocycles. The molecule has 3 nitrogen and oxygen atoms in total. The minimum Gasteiger partial charge on any atom is -0.496 e. The Morgan fingerprint density at radius 1 is 1.33 bits per heavy atom. The maximum atomic E-state index is 9.97. The SMILES string of the molecule is CCCC(C)N(C)c1cccc(OC)c1[C@H](C)O. The zero-order valence-corrected chi connectivity index (χ0v) is 12.1. The van der Waals surface area contributed by atoms with E-state index in [0.29, 0.717) is 6.04 Å². The molecule has 0 radical (unpaired) electrons. The Kier molecular flexibility index (Phi) is 5.48. The number of aliphatic hydroxyl groups excluding tert-OH is 1. The quantitative estimate of drug-likeness (QED) is 0.841. The van der Waals surface area contributed by atoms with Gasteiger partial charge >= 0.3 is 0 Å². The third-order valence-electron chi connectivity index (χ3n) is 3.43. The summed E-state index contributed by atoms with van der Waals surface area (Å²) in [5, 5.41) is 9.97. The van der Waals surface area contributed by atoms with E-state index in [1.54, 1.807) is 14.0 Å². The van der Waals surface area contributed by atoms with Crippen molar-refractivity contribution >= 4 is 5.69 Å². The Balaban J connectivity index is 3.14. The van der Waals surface area contributed by atoms with Crippen LogP contribution in [0.3, 0.4) is 0 Å². The molecule has 0 bridgehead atoms. The normalized spacial score (nSPS) is 14.1. The molecule has 0 amide bonds. The molecule has 0 heterocycles. The van der Waals surface area contributed by atoms with Gasteiger partial charge in [-0.2, -0.15) is 0 Å². The molecule has 3 heteroatoms. The highest BCUT2D eigenvalue weighted by molar-refractivity contribution is 5.60. The summed E-state index contributed by atoms with van der Waals surface area (Å²) in [6, 6.07) is 6.34. The molecule has 0 aromatic heterocycles. The molecule has 1 unspecified atom stereocenters. The Morgan fingerprint density at radius 2 is 2.00 bits per heavy atom. The van der Waals surface area contributed by atoms with Crippen molar-refractivity contribution in [2.75, 3.05) is 19.1 Å². The second-order valence-corrected chi connectivity index (χ2v) is 4.82. The molecule has 0 aliphatic rings. The van der Waals surface area contributed by atoms with Crippen molar-refractivity contribution in [1.29, 1.82) is 0 Å². The van der Waals surface area contributed by atoms with Gasteiger partial charge in [-0.15, -0.1) is 0 Å². The van der Waals surface area contributed by atoms with Crippen LogP contribution in [-0.2, 0) is 0 Å². The minimum atomic E-state index is -0.535. The smallest absolute Gasteiger partial charge is 0.126 e. The first-order chi connectivity index (χ1) is 8.52. The van der Waals surface area contributed by atoms with E-state index in [0.717, 1.165) is 29.8 Å². The highest BCUT2D eigenvalue weighted by Crippen LogP contribution is 2.35. The molecular formula is C15H25NO2. The first-order valence-corrected chi connectivity index (χ1v) is 6.60. The molecule has 1 rings (SSSR count). The van der Waals surface area contributed by atoms with Crippen LogP contribution < -0.4 is 9.64 Å². The van der Waals surface area contributed by atoms with E-state index in [-0.39, 0.29) is 0 Å². The van der Waals surface area contributed by atoms with E-state index in [2.05, 4.69) is 25.8 Å². The zero-order valence-electron chi connectivity index (χ0n) is 12.1. The summed E-state index contributed by atoms with van der Waals surface area (Å²) < 4.78 is 5.35. The van der Waals surface area contributed by atoms with Gasteiger partial charge in [0.25, 0.3) is 0 Å². The van der Waals surface area contributed by atoms with E-state index in [1.807, 2.05) is 18.2 Å². The fraction of sp³-hybridized carbons (Fsp3) is 0.600. The number of rotatable bonds is 6. The molecule has 102 valence electrons. The minimum absolute atomic E-state index is 0.444. The number of benzene rings is 1. The largest absolute Gasteiger partial charge is 0.496 e. The molecule has 0 saturated heterocycles. The summed E-state index contributed by atoms with van der Waals surface area (Å²) in [5.74, 6) is 0.748. The number of hydrogen-bond acceptors (Lipinski definition) is 3. The van der Waals surface area contributed by atoms with Gasteiger partial charge in [0.2, 0.25) is 0 Å². The van der Waals surface area contributed by atoms with Crippen LogP contribution in [0.2, 0.25) is 0 Å². The summed E-state index contributed by atoms with van der Waals surface area (Å²) in [6.07, 6.45) is 1.75. The number of hydrogen-bond donors (Lipinski definition) is 1. The van der Waals surface area contributed by atoms with Crippen molar-refractivity contribution in [1.82, 2.24) is 0 Å². The van der Waals surface area contributed by atoms with Crippen LogP contribution in [0.4, 0.5) is 5.69 Å². The van der Waals surface area contributed by atoms with Crippen LogP contribution in [0, 0.1) is 0 Å². The van der Waals surface area contributed by atoms with Crippen molar-refractivity contribution in [2.45, 2.75) is 45.8 Å². The van der Waals surface area contributed by atoms with Crippen LogP contribution in [0.5, 0.6) is 5.75 Å². The number of aliphatic hydroxyl groups is 1. The lowest BCUT2D eigenvalue weighted by Crippen LogP contribution is -2.29. The van der Waals surface area contributed by atoms with E-state index in [1.165, 1.54) is 0 Å². The Bertz CT molecular complexity index is 377. The first-order valence-electron chi connectivity index (χ1n) is 6.60. The van der Waals surface area contributed by atoms with Gasteiger partial charge in [-0.05, 0) is 32.4 Å². The van der Waals surface area contributed by atoms with E-state index in [4.69, 9.17) is 4.74 Å². The van der Waals surface area contributed by atoms with Crippen LogP contribution in [-0.4, -0.2) is 25.3 Å². The zero-order chi connectivity index (χ0) is 13.7. The van der Waals surface area contributed by atoms with Gasteiger partial charge in [-0.3, -0.25) is 0 Å². The number of methoxy groups -OCH3 is 1. The molecule has 0 spiro atoms. The van der Waals surface area contributed by atoms with Gasteiger partial charge < -0.3 is 14.7 Å². The summed E-state index contributed by atoms with van der Waals surface area (Å²) in [7, 11) is 3.71. The van der Waals surface area contributed by atoms with Crippen LogP contribution in [0.15, 0.2) is 18.2 Å². The third kappa shape index (κ3) is 3.16. The van der Waals surface area contributed by atoms with Crippen molar-refractivity contribution in [2.24, 2.45) is 0 Å². The Hall–Kier alpha value is -1.22. The maximum absolute atomic E-state index is 9.97. The van der Waals surface area contributed by atoms with Gasteiger partial charge in [0.05, 0.1) is 13.2 Å². The van der Waals surface area contributed by atoms with Crippen molar-refractivity contribution in [3.05, 3.63) is 23.8 Å². The predicted octanol–water partition coefficient (Wildman–Crippen LogP) is 3.37. The molecule has 0 fully saturated rings. The van der Waals surface area contributed by atoms with Gasteiger partial charge in [0, 0.05) is 24.3 Å². The van der Waals surface area contributed by atoms with Crippen molar-refractivity contribution in [3.63, 3.8) is 0 Å². The first kappa shape index (κ1) is 14.8. The summed E-state index contributed by atoms with van der Waals surface area (Å²) >= 11 is 0. The maximum Gasteiger partial charge on any atom is 0.126 e. The summed E-state index contributed by atoms with van der Waals surface area (Å²) in [4.78, 5) is 2.22. The average Bonchev–Trinajstić information content (AvgIpc) is 2.36. The van der Waals surface area contributed by atoms with Crippen LogP contribution in [0.1, 0.15) is 45.3 Å². The molecular weight excluding hydrogens is 226 g/mol. The highest BCUT2D eigenvalue weighted by atomic mass is 16.5. The van der Waals surface area contributed by atoms with Gasteiger partial charge in [0.1, 0.15) is 5.75 Å². The number of ether oxygens (including phenoxy) is 1. The molecule has 0 aliphatic carbocycles. The van der Waals surface area contributed by atoms with E-state index < -0.39 is 6.10 Å². The lowest BCUT2D eigenvalue weighted by molar-refractivity contribution is 0.194. The highest BCUT2D eigenvalue weighted by Gasteiger charge is 2.19. The van der Waals surface area contributed by atoms with Crippen LogP contribution in [0.25, 0.3) is 0 Å². The van der Waals surface area contributed by atoms with Gasteiger partial charge in [-0.25, -0.2) is 0 Å². The molecule has 1 N–H and O–H groups in total. The number of nitrogens with zero attached hydrogens (tertiary/aromatic N) is 1. The fourth-order valence-electron chi connectivity index (χ4n) is 2.29. The van der Waals surface area contributed by atoms with Crippen molar-refractivity contribution < 1.29 is 9.84 Å². The van der Waals surface area contributed by atoms with Crippen LogP contribution >= 0.6 is 0 Å². The lowest BCUT2D eigenvalue weighted by atomic mass is 10.0. The Morgan fingerprint density at radius 3 is 2.50 bits per heavy atom. The van der Waals surface area contributed by atoms with Crippen molar-refractivity contribution in [3.8, 4) is 5.75 Å². The topological polar surface area (TPSA) is 32.7 Å². The second-order valence-electron chi connectivity index (χ2n) is 4.82. The van der Waals surface area contributed by atoms with E-state index >= 15 is 0 Å². The van der Waals surface area contributed by atoms with E-state index in [9.17, 15) is 5.11 Å². The molecule has 1 aromatic rings. The Labute approximate surface area is 110 Å². The summed E-state index contributed by atoms with van der Waals surface area (Å²) in [6.45, 7) is 6.17. The van der Waals surface area contributed by atoms with Gasteiger partial charge in [-0.1, -0.05) is 19.4 Å². The summed E-state index contributed by atoms with van der Waals surface area (Å²) in [5.41, 5.74) is 1.91. The standard InChI is InChI=1S/C15H25NO2/c1-6-8-11(2)16(4)13-9-7-10-14(18-5)15(13)12(3)17/h7,9-12,17H,6,8H2,1-5H3/t11?,12-/m0/s1. The molecule has 0 aliphatic heterocycles.